The maximum atomic E-state index is 6.59. The Morgan fingerprint density at radius 2 is 1.88 bits per heavy atom. The summed E-state index contributed by atoms with van der Waals surface area (Å²) in [6, 6.07) is 10.8. The number of fused-ring (bicyclic) bond motifs is 3. The lowest BCUT2D eigenvalue weighted by atomic mass is 9.66. The molecule has 2 nitrogen and oxygen atoms in total. The SMILES string of the molecule is CN1CC2CCC1([C@H](N)c1ccccc1)CC2. The lowest BCUT2D eigenvalue weighted by molar-refractivity contribution is -0.0335. The second-order valence-corrected chi connectivity index (χ2v) is 5.82. The minimum atomic E-state index is 0.162. The van der Waals surface area contributed by atoms with Crippen molar-refractivity contribution in [1.82, 2.24) is 4.90 Å². The molecule has 0 unspecified atom stereocenters. The molecule has 1 aromatic carbocycles. The average Bonchev–Trinajstić information content (AvgIpc) is 2.40. The lowest BCUT2D eigenvalue weighted by Gasteiger charge is -2.56. The molecule has 0 radical (unpaired) electrons. The van der Waals surface area contributed by atoms with E-state index in [1.165, 1.54) is 37.8 Å². The van der Waals surface area contributed by atoms with Crippen LogP contribution in [0.1, 0.15) is 37.3 Å². The summed E-state index contributed by atoms with van der Waals surface area (Å²) < 4.78 is 0. The van der Waals surface area contributed by atoms with E-state index in [-0.39, 0.29) is 11.6 Å². The number of rotatable bonds is 2. The first-order valence-electron chi connectivity index (χ1n) is 6.74. The van der Waals surface area contributed by atoms with E-state index in [1.54, 1.807) is 0 Å². The van der Waals surface area contributed by atoms with Crippen molar-refractivity contribution in [2.24, 2.45) is 11.7 Å². The summed E-state index contributed by atoms with van der Waals surface area (Å²) in [7, 11) is 2.26. The molecular weight excluding hydrogens is 208 g/mol. The quantitative estimate of drug-likeness (QED) is 0.846. The highest BCUT2D eigenvalue weighted by atomic mass is 15.2. The summed E-state index contributed by atoms with van der Waals surface area (Å²) in [5.41, 5.74) is 8.10. The first-order valence-corrected chi connectivity index (χ1v) is 6.74. The molecule has 2 aliphatic heterocycles. The molecule has 0 spiro atoms. The van der Waals surface area contributed by atoms with Crippen LogP contribution in [-0.4, -0.2) is 24.0 Å². The molecule has 3 fully saturated rings. The van der Waals surface area contributed by atoms with Gasteiger partial charge in [-0.05, 0) is 44.2 Å². The molecule has 17 heavy (non-hydrogen) atoms. The highest BCUT2D eigenvalue weighted by Gasteiger charge is 2.48. The molecule has 2 N–H and O–H groups in total. The number of hydrogen-bond donors (Lipinski definition) is 1. The van der Waals surface area contributed by atoms with Crippen LogP contribution in [-0.2, 0) is 0 Å². The van der Waals surface area contributed by atoms with E-state index in [4.69, 9.17) is 5.73 Å². The van der Waals surface area contributed by atoms with Gasteiger partial charge in [0.05, 0.1) is 0 Å². The molecule has 2 heteroatoms. The van der Waals surface area contributed by atoms with Crippen molar-refractivity contribution in [2.45, 2.75) is 37.3 Å². The Morgan fingerprint density at radius 1 is 1.24 bits per heavy atom. The van der Waals surface area contributed by atoms with Gasteiger partial charge < -0.3 is 5.73 Å². The fourth-order valence-corrected chi connectivity index (χ4v) is 3.83. The van der Waals surface area contributed by atoms with Crippen molar-refractivity contribution in [1.29, 1.82) is 0 Å². The summed E-state index contributed by atoms with van der Waals surface area (Å²) in [5, 5.41) is 0. The molecule has 2 bridgehead atoms. The van der Waals surface area contributed by atoms with Crippen molar-refractivity contribution in [3.05, 3.63) is 35.9 Å². The molecule has 1 aromatic rings. The monoisotopic (exact) mass is 230 g/mol. The van der Waals surface area contributed by atoms with Gasteiger partial charge in [0.1, 0.15) is 0 Å². The number of nitrogens with two attached hydrogens (primary N) is 1. The largest absolute Gasteiger partial charge is 0.322 e. The van der Waals surface area contributed by atoms with Gasteiger partial charge >= 0.3 is 0 Å². The zero-order valence-corrected chi connectivity index (χ0v) is 10.6. The summed E-state index contributed by atoms with van der Waals surface area (Å²) in [4.78, 5) is 2.53. The molecule has 0 amide bonds. The van der Waals surface area contributed by atoms with Crippen LogP contribution in [0, 0.1) is 5.92 Å². The zero-order chi connectivity index (χ0) is 11.9. The number of hydrogen-bond acceptors (Lipinski definition) is 2. The average molecular weight is 230 g/mol. The Hall–Kier alpha value is -0.860. The molecule has 1 saturated carbocycles. The molecule has 0 aromatic heterocycles. The number of benzene rings is 1. The van der Waals surface area contributed by atoms with Gasteiger partial charge in [0.2, 0.25) is 0 Å². The number of nitrogens with zero attached hydrogens (tertiary/aromatic N) is 1. The third kappa shape index (κ3) is 1.71. The molecule has 1 atom stereocenters. The number of likely N-dealkylation sites (N-methyl/N-ethyl adjacent to an activating group) is 1. The van der Waals surface area contributed by atoms with Gasteiger partial charge in [-0.25, -0.2) is 0 Å². The minimum absolute atomic E-state index is 0.162. The first kappa shape index (κ1) is 11.2. The van der Waals surface area contributed by atoms with Crippen molar-refractivity contribution in [3.63, 3.8) is 0 Å². The maximum absolute atomic E-state index is 6.59. The van der Waals surface area contributed by atoms with Crippen LogP contribution in [0.2, 0.25) is 0 Å². The van der Waals surface area contributed by atoms with E-state index in [9.17, 15) is 0 Å². The Balaban J connectivity index is 1.91. The van der Waals surface area contributed by atoms with E-state index in [0.29, 0.717) is 0 Å². The smallest absolute Gasteiger partial charge is 0.0482 e. The highest BCUT2D eigenvalue weighted by Crippen LogP contribution is 2.47. The fourth-order valence-electron chi connectivity index (χ4n) is 3.83. The van der Waals surface area contributed by atoms with Gasteiger partial charge in [0.25, 0.3) is 0 Å². The summed E-state index contributed by atoms with van der Waals surface area (Å²) in [5.74, 6) is 0.921. The Morgan fingerprint density at radius 3 is 2.47 bits per heavy atom. The molecule has 2 heterocycles. The van der Waals surface area contributed by atoms with E-state index < -0.39 is 0 Å². The number of piperidine rings is 2. The second kappa shape index (κ2) is 4.11. The Bertz CT molecular complexity index is 379. The molecule has 2 saturated heterocycles. The van der Waals surface area contributed by atoms with Crippen LogP contribution >= 0.6 is 0 Å². The fraction of sp³-hybridized carbons (Fsp3) is 0.600. The molecule has 92 valence electrons. The van der Waals surface area contributed by atoms with Crippen molar-refractivity contribution in [3.8, 4) is 0 Å². The van der Waals surface area contributed by atoms with Crippen LogP contribution in [0.4, 0.5) is 0 Å². The molecule has 4 rings (SSSR count). The summed E-state index contributed by atoms with van der Waals surface area (Å²) >= 11 is 0. The van der Waals surface area contributed by atoms with E-state index in [2.05, 4.69) is 42.3 Å². The highest BCUT2D eigenvalue weighted by molar-refractivity contribution is 5.24. The van der Waals surface area contributed by atoms with Crippen molar-refractivity contribution in [2.75, 3.05) is 13.6 Å². The Kier molecular flexibility index (Phi) is 2.72. The predicted molar refractivity (Wildman–Crippen MR) is 70.7 cm³/mol. The summed E-state index contributed by atoms with van der Waals surface area (Å²) in [6.45, 7) is 1.24. The zero-order valence-electron chi connectivity index (χ0n) is 10.6. The maximum Gasteiger partial charge on any atom is 0.0482 e. The van der Waals surface area contributed by atoms with E-state index in [0.717, 1.165) is 5.92 Å². The van der Waals surface area contributed by atoms with Crippen LogP contribution in [0.3, 0.4) is 0 Å². The Labute approximate surface area is 104 Å². The van der Waals surface area contributed by atoms with Crippen LogP contribution in [0.25, 0.3) is 0 Å². The van der Waals surface area contributed by atoms with E-state index in [1.807, 2.05) is 0 Å². The third-order valence-electron chi connectivity index (χ3n) is 5.00. The normalized spacial score (nSPS) is 34.8. The first-order chi connectivity index (χ1) is 8.22. The van der Waals surface area contributed by atoms with Crippen molar-refractivity contribution >= 4 is 0 Å². The minimum Gasteiger partial charge on any atom is -0.322 e. The van der Waals surface area contributed by atoms with Gasteiger partial charge in [-0.15, -0.1) is 0 Å². The predicted octanol–water partition coefficient (Wildman–Crippen LogP) is 2.56. The lowest BCUT2D eigenvalue weighted by Crippen LogP contribution is -2.61. The van der Waals surface area contributed by atoms with Crippen LogP contribution in [0.15, 0.2) is 30.3 Å². The van der Waals surface area contributed by atoms with Gasteiger partial charge in [-0.3, -0.25) is 4.90 Å². The van der Waals surface area contributed by atoms with Gasteiger partial charge in [-0.2, -0.15) is 0 Å². The second-order valence-electron chi connectivity index (χ2n) is 5.82. The standard InChI is InChI=1S/C15H22N2/c1-17-11-12-7-9-15(17,10-8-12)14(16)13-5-3-2-4-6-13/h2-6,12,14H,7-11,16H2,1H3/t12?,14-,15?/m1/s1. The summed E-state index contributed by atoms with van der Waals surface area (Å²) in [6.07, 6.45) is 5.27. The van der Waals surface area contributed by atoms with Crippen molar-refractivity contribution < 1.29 is 0 Å². The van der Waals surface area contributed by atoms with Gasteiger partial charge in [0, 0.05) is 18.1 Å². The van der Waals surface area contributed by atoms with Crippen LogP contribution < -0.4 is 5.73 Å². The van der Waals surface area contributed by atoms with Gasteiger partial charge in [0.15, 0.2) is 0 Å². The third-order valence-corrected chi connectivity index (χ3v) is 5.00. The topological polar surface area (TPSA) is 29.3 Å². The molecule has 3 aliphatic rings. The molecule has 1 aliphatic carbocycles. The van der Waals surface area contributed by atoms with E-state index >= 15 is 0 Å². The van der Waals surface area contributed by atoms with Gasteiger partial charge in [-0.1, -0.05) is 30.3 Å². The van der Waals surface area contributed by atoms with Crippen LogP contribution in [0.5, 0.6) is 0 Å². The molecular formula is C15H22N2.